The molecule has 0 aliphatic carbocycles. The average Bonchev–Trinajstić information content (AvgIpc) is 3.12. The predicted octanol–water partition coefficient (Wildman–Crippen LogP) is 3.41. The van der Waals surface area contributed by atoms with Gasteiger partial charge in [0.2, 0.25) is 11.8 Å². The number of benzene rings is 2. The summed E-state index contributed by atoms with van der Waals surface area (Å²) in [6, 6.07) is 7.26. The van der Waals surface area contributed by atoms with Gasteiger partial charge < -0.3 is 4.90 Å². The first-order valence-electron chi connectivity index (χ1n) is 11.7. The highest BCUT2D eigenvalue weighted by atomic mass is 19.1. The Balaban J connectivity index is 1.30. The van der Waals surface area contributed by atoms with Gasteiger partial charge in [-0.05, 0) is 85.6 Å². The molecule has 6 nitrogen and oxygen atoms in total. The van der Waals surface area contributed by atoms with Crippen molar-refractivity contribution in [3.05, 3.63) is 69.8 Å². The maximum absolute atomic E-state index is 14.5. The highest BCUT2D eigenvalue weighted by Crippen LogP contribution is 2.38. The number of aryl methyl sites for hydroxylation is 1. The Hall–Kier alpha value is -3.13. The molecule has 0 bridgehead atoms. The molecule has 8 heteroatoms. The highest BCUT2D eigenvalue weighted by molar-refractivity contribution is 6.05. The molecule has 0 saturated carbocycles. The van der Waals surface area contributed by atoms with E-state index in [1.54, 1.807) is 6.92 Å². The first-order chi connectivity index (χ1) is 16.3. The molecule has 1 atom stereocenters. The molecule has 1 N–H and O–H groups in total. The highest BCUT2D eigenvalue weighted by Gasteiger charge is 2.41. The summed E-state index contributed by atoms with van der Waals surface area (Å²) < 4.78 is 28.1. The van der Waals surface area contributed by atoms with Crippen LogP contribution in [0.1, 0.15) is 64.2 Å². The zero-order valence-electron chi connectivity index (χ0n) is 19.1. The SMILES string of the molecule is Cc1cc(CN2CCC(c3cc(F)cc4c3CN(C3CCC(=O)NC3=O)C4=O)CC2)ccc1F. The lowest BCUT2D eigenvalue weighted by atomic mass is 9.85. The molecular formula is C26H27F2N3O3. The van der Waals surface area contributed by atoms with Crippen molar-refractivity contribution in [2.75, 3.05) is 13.1 Å². The van der Waals surface area contributed by atoms with E-state index in [1.165, 1.54) is 23.1 Å². The number of carbonyl (C=O) groups excluding carboxylic acids is 3. The van der Waals surface area contributed by atoms with Crippen LogP contribution in [-0.4, -0.2) is 46.7 Å². The zero-order valence-corrected chi connectivity index (χ0v) is 19.1. The lowest BCUT2D eigenvalue weighted by molar-refractivity contribution is -0.136. The van der Waals surface area contributed by atoms with Crippen molar-refractivity contribution in [1.82, 2.24) is 15.1 Å². The Morgan fingerprint density at radius 2 is 1.79 bits per heavy atom. The number of fused-ring (bicyclic) bond motifs is 1. The van der Waals surface area contributed by atoms with Crippen LogP contribution in [0.4, 0.5) is 8.78 Å². The van der Waals surface area contributed by atoms with Crippen LogP contribution in [0, 0.1) is 18.6 Å². The summed E-state index contributed by atoms with van der Waals surface area (Å²) in [7, 11) is 0. The van der Waals surface area contributed by atoms with Gasteiger partial charge in [-0.3, -0.25) is 24.6 Å². The van der Waals surface area contributed by atoms with E-state index < -0.39 is 17.8 Å². The maximum atomic E-state index is 14.5. The molecule has 0 aromatic heterocycles. The summed E-state index contributed by atoms with van der Waals surface area (Å²) in [4.78, 5) is 40.7. The molecule has 34 heavy (non-hydrogen) atoms. The van der Waals surface area contributed by atoms with Crippen LogP contribution in [0.25, 0.3) is 0 Å². The van der Waals surface area contributed by atoms with Gasteiger partial charge in [-0.1, -0.05) is 12.1 Å². The van der Waals surface area contributed by atoms with E-state index in [2.05, 4.69) is 10.2 Å². The number of imide groups is 1. The molecule has 2 aromatic carbocycles. The van der Waals surface area contributed by atoms with Crippen LogP contribution < -0.4 is 5.32 Å². The fourth-order valence-electron chi connectivity index (χ4n) is 5.48. The fraction of sp³-hybridized carbons (Fsp3) is 0.423. The van der Waals surface area contributed by atoms with Gasteiger partial charge in [0.25, 0.3) is 5.91 Å². The van der Waals surface area contributed by atoms with Crippen molar-refractivity contribution in [1.29, 1.82) is 0 Å². The molecule has 2 saturated heterocycles. The molecule has 0 spiro atoms. The Kier molecular flexibility index (Phi) is 5.93. The van der Waals surface area contributed by atoms with Gasteiger partial charge in [0.15, 0.2) is 0 Å². The molecular weight excluding hydrogens is 440 g/mol. The second-order valence-electron chi connectivity index (χ2n) is 9.56. The summed E-state index contributed by atoms with van der Waals surface area (Å²) >= 11 is 0. The number of hydrogen-bond donors (Lipinski definition) is 1. The Morgan fingerprint density at radius 3 is 2.50 bits per heavy atom. The fourth-order valence-corrected chi connectivity index (χ4v) is 5.48. The van der Waals surface area contributed by atoms with E-state index in [0.29, 0.717) is 11.1 Å². The summed E-state index contributed by atoms with van der Waals surface area (Å²) in [5.74, 6) is -1.69. The quantitative estimate of drug-likeness (QED) is 0.700. The number of halogens is 2. The smallest absolute Gasteiger partial charge is 0.255 e. The number of hydrogen-bond acceptors (Lipinski definition) is 4. The van der Waals surface area contributed by atoms with Crippen LogP contribution in [0.2, 0.25) is 0 Å². The molecule has 2 aromatic rings. The van der Waals surface area contributed by atoms with Gasteiger partial charge in [0, 0.05) is 25.1 Å². The molecule has 2 fully saturated rings. The summed E-state index contributed by atoms with van der Waals surface area (Å²) in [6.07, 6.45) is 2.11. The van der Waals surface area contributed by atoms with E-state index >= 15 is 0 Å². The van der Waals surface area contributed by atoms with Gasteiger partial charge in [-0.15, -0.1) is 0 Å². The minimum absolute atomic E-state index is 0.116. The third-order valence-corrected chi connectivity index (χ3v) is 7.31. The zero-order chi connectivity index (χ0) is 24.0. The number of likely N-dealkylation sites (tertiary alicyclic amines) is 1. The second kappa shape index (κ2) is 8.91. The summed E-state index contributed by atoms with van der Waals surface area (Å²) in [6.45, 7) is 4.38. The van der Waals surface area contributed by atoms with Gasteiger partial charge in [-0.2, -0.15) is 0 Å². The monoisotopic (exact) mass is 467 g/mol. The second-order valence-corrected chi connectivity index (χ2v) is 9.56. The van der Waals surface area contributed by atoms with Crippen molar-refractivity contribution in [3.63, 3.8) is 0 Å². The largest absolute Gasteiger partial charge is 0.322 e. The van der Waals surface area contributed by atoms with E-state index in [-0.39, 0.29) is 42.9 Å². The molecule has 3 amide bonds. The van der Waals surface area contributed by atoms with E-state index in [1.807, 2.05) is 12.1 Å². The van der Waals surface area contributed by atoms with Gasteiger partial charge in [-0.25, -0.2) is 8.78 Å². The number of nitrogens with zero attached hydrogens (tertiary/aromatic N) is 2. The minimum atomic E-state index is -0.713. The number of amides is 3. The van der Waals surface area contributed by atoms with Crippen molar-refractivity contribution >= 4 is 17.7 Å². The van der Waals surface area contributed by atoms with E-state index in [4.69, 9.17) is 0 Å². The van der Waals surface area contributed by atoms with Gasteiger partial charge in [0.05, 0.1) is 0 Å². The van der Waals surface area contributed by atoms with Crippen molar-refractivity contribution in [3.8, 4) is 0 Å². The van der Waals surface area contributed by atoms with Gasteiger partial charge >= 0.3 is 0 Å². The van der Waals surface area contributed by atoms with Crippen molar-refractivity contribution in [2.45, 2.75) is 57.7 Å². The Labute approximate surface area is 196 Å². The first kappa shape index (κ1) is 22.7. The summed E-state index contributed by atoms with van der Waals surface area (Å²) in [5.41, 5.74) is 3.66. The van der Waals surface area contributed by atoms with Crippen LogP contribution in [0.3, 0.4) is 0 Å². The average molecular weight is 468 g/mol. The molecule has 3 heterocycles. The predicted molar refractivity (Wildman–Crippen MR) is 121 cm³/mol. The first-order valence-corrected chi connectivity index (χ1v) is 11.7. The number of rotatable bonds is 4. The maximum Gasteiger partial charge on any atom is 0.255 e. The molecule has 1 unspecified atom stereocenters. The lowest BCUT2D eigenvalue weighted by Crippen LogP contribution is -2.52. The third-order valence-electron chi connectivity index (χ3n) is 7.31. The van der Waals surface area contributed by atoms with Crippen molar-refractivity contribution in [2.24, 2.45) is 0 Å². The molecule has 3 aliphatic rings. The normalized spacial score (nSPS) is 21.7. The van der Waals surface area contributed by atoms with Crippen LogP contribution in [0.15, 0.2) is 30.3 Å². The summed E-state index contributed by atoms with van der Waals surface area (Å²) in [5, 5.41) is 2.30. The number of piperidine rings is 2. The third kappa shape index (κ3) is 4.22. The molecule has 0 radical (unpaired) electrons. The Bertz CT molecular complexity index is 1170. The van der Waals surface area contributed by atoms with Crippen molar-refractivity contribution < 1.29 is 23.2 Å². The number of carbonyl (C=O) groups is 3. The standard InChI is InChI=1S/C26H27F2N3O3/c1-15-10-16(2-3-22(15)28)13-30-8-6-17(7-9-30)19-11-18(27)12-20-21(19)14-31(26(20)34)23-4-5-24(32)29-25(23)33/h2-3,10-12,17,23H,4-9,13-14H2,1H3,(H,29,32,33). The Morgan fingerprint density at radius 1 is 1.03 bits per heavy atom. The molecule has 178 valence electrons. The molecule has 3 aliphatic heterocycles. The number of nitrogens with one attached hydrogen (secondary N) is 1. The van der Waals surface area contributed by atoms with Crippen LogP contribution >= 0.6 is 0 Å². The van der Waals surface area contributed by atoms with Crippen LogP contribution in [0.5, 0.6) is 0 Å². The topological polar surface area (TPSA) is 69.7 Å². The van der Waals surface area contributed by atoms with Gasteiger partial charge in [0.1, 0.15) is 17.7 Å². The van der Waals surface area contributed by atoms with E-state index in [9.17, 15) is 23.2 Å². The van der Waals surface area contributed by atoms with Crippen LogP contribution in [-0.2, 0) is 22.7 Å². The lowest BCUT2D eigenvalue weighted by Gasteiger charge is -2.33. The minimum Gasteiger partial charge on any atom is -0.322 e. The van der Waals surface area contributed by atoms with E-state index in [0.717, 1.165) is 49.2 Å². The molecule has 5 rings (SSSR count).